The van der Waals surface area contributed by atoms with Gasteiger partial charge in [0.1, 0.15) is 5.65 Å². The second-order valence-corrected chi connectivity index (χ2v) is 6.56. The molecular formula is C16H24ClN5O. The Morgan fingerprint density at radius 1 is 1.61 bits per heavy atom. The zero-order chi connectivity index (χ0) is 16.4. The van der Waals surface area contributed by atoms with E-state index in [0.717, 1.165) is 54.9 Å². The van der Waals surface area contributed by atoms with Crippen molar-refractivity contribution >= 4 is 34.0 Å². The van der Waals surface area contributed by atoms with E-state index in [1.807, 2.05) is 13.1 Å². The number of ether oxygens (including phenoxy) is 1. The molecule has 2 aromatic heterocycles. The van der Waals surface area contributed by atoms with Crippen molar-refractivity contribution in [3.8, 4) is 0 Å². The fraction of sp³-hybridized carbons (Fsp3) is 0.562. The molecule has 0 saturated carbocycles. The average Bonchev–Trinajstić information content (AvgIpc) is 2.95. The molecule has 0 aliphatic carbocycles. The van der Waals surface area contributed by atoms with E-state index in [9.17, 15) is 0 Å². The summed E-state index contributed by atoms with van der Waals surface area (Å²) in [5, 5.41) is 5.11. The summed E-state index contributed by atoms with van der Waals surface area (Å²) in [6.07, 6.45) is 5.90. The summed E-state index contributed by atoms with van der Waals surface area (Å²) < 4.78 is 5.30. The zero-order valence-corrected chi connectivity index (χ0v) is 14.4. The molecule has 126 valence electrons. The number of aromatic amines is 1. The fourth-order valence-electron chi connectivity index (χ4n) is 3.05. The van der Waals surface area contributed by atoms with Crippen LogP contribution < -0.4 is 16.0 Å². The molecule has 1 aliphatic heterocycles. The highest BCUT2D eigenvalue weighted by atomic mass is 35.5. The van der Waals surface area contributed by atoms with Crippen LogP contribution in [0.5, 0.6) is 0 Å². The minimum absolute atomic E-state index is 0.124. The average molecular weight is 338 g/mol. The molecule has 0 aromatic carbocycles. The molecular weight excluding hydrogens is 314 g/mol. The maximum atomic E-state index is 6.49. The number of pyridine rings is 1. The normalized spacial score (nSPS) is 20.0. The Bertz CT molecular complexity index is 674. The number of rotatable bonds is 5. The van der Waals surface area contributed by atoms with Gasteiger partial charge in [0, 0.05) is 39.0 Å². The molecule has 4 N–H and O–H groups in total. The third-order valence-corrected chi connectivity index (χ3v) is 4.66. The number of nitrogens with zero attached hydrogens (tertiary/aromatic N) is 2. The first-order valence-corrected chi connectivity index (χ1v) is 8.40. The van der Waals surface area contributed by atoms with Gasteiger partial charge in [-0.1, -0.05) is 11.6 Å². The molecule has 0 bridgehead atoms. The van der Waals surface area contributed by atoms with Gasteiger partial charge in [-0.25, -0.2) is 4.98 Å². The van der Waals surface area contributed by atoms with Gasteiger partial charge in [0.05, 0.1) is 34.1 Å². The topological polar surface area (TPSA) is 79.2 Å². The number of nitrogens with one attached hydrogen (secondary N) is 2. The lowest BCUT2D eigenvalue weighted by Crippen LogP contribution is -2.43. The molecule has 1 saturated heterocycles. The van der Waals surface area contributed by atoms with Crippen molar-refractivity contribution < 1.29 is 4.74 Å². The van der Waals surface area contributed by atoms with Gasteiger partial charge in [-0.2, -0.15) is 0 Å². The first-order valence-electron chi connectivity index (χ1n) is 8.03. The molecule has 0 spiro atoms. The smallest absolute Gasteiger partial charge is 0.141 e. The third-order valence-electron chi connectivity index (χ3n) is 4.39. The number of piperidine rings is 1. The van der Waals surface area contributed by atoms with E-state index >= 15 is 0 Å². The van der Waals surface area contributed by atoms with Crippen molar-refractivity contribution in [3.05, 3.63) is 17.4 Å². The van der Waals surface area contributed by atoms with Gasteiger partial charge in [0.2, 0.25) is 0 Å². The minimum Gasteiger partial charge on any atom is -0.381 e. The Hall–Kier alpha value is -1.50. The highest BCUT2D eigenvalue weighted by Gasteiger charge is 2.23. The van der Waals surface area contributed by atoms with Crippen molar-refractivity contribution in [2.24, 2.45) is 5.73 Å². The van der Waals surface area contributed by atoms with Gasteiger partial charge in [0.25, 0.3) is 0 Å². The monoisotopic (exact) mass is 337 g/mol. The second kappa shape index (κ2) is 6.95. The lowest BCUT2D eigenvalue weighted by Gasteiger charge is -2.33. The Balaban J connectivity index is 1.98. The molecule has 6 nitrogen and oxygen atoms in total. The number of hydrogen-bond acceptors (Lipinski definition) is 5. The van der Waals surface area contributed by atoms with Crippen molar-refractivity contribution in [2.75, 3.05) is 37.0 Å². The predicted molar refractivity (Wildman–Crippen MR) is 95.5 cm³/mol. The van der Waals surface area contributed by atoms with Crippen LogP contribution in [0.2, 0.25) is 5.02 Å². The van der Waals surface area contributed by atoms with Gasteiger partial charge < -0.3 is 25.7 Å². The maximum Gasteiger partial charge on any atom is 0.141 e. The Labute approximate surface area is 141 Å². The third kappa shape index (κ3) is 3.39. The van der Waals surface area contributed by atoms with Gasteiger partial charge in [-0.3, -0.25) is 0 Å². The molecule has 0 radical (unpaired) electrons. The lowest BCUT2D eigenvalue weighted by molar-refractivity contribution is 0.129. The molecule has 3 heterocycles. The number of H-pyrrole nitrogens is 1. The number of nitrogens with two attached hydrogens (primary N) is 1. The van der Waals surface area contributed by atoms with Crippen LogP contribution in [-0.2, 0) is 4.74 Å². The lowest BCUT2D eigenvalue weighted by atomic mass is 10.1. The first kappa shape index (κ1) is 16.4. The molecule has 1 unspecified atom stereocenters. The van der Waals surface area contributed by atoms with Crippen LogP contribution in [0.3, 0.4) is 0 Å². The Morgan fingerprint density at radius 2 is 2.43 bits per heavy atom. The molecule has 2 atom stereocenters. The van der Waals surface area contributed by atoms with Crippen LogP contribution in [0.1, 0.15) is 19.8 Å². The minimum atomic E-state index is 0.124. The summed E-state index contributed by atoms with van der Waals surface area (Å²) in [4.78, 5) is 9.90. The Kier molecular flexibility index (Phi) is 4.94. The van der Waals surface area contributed by atoms with Crippen LogP contribution in [0, 0.1) is 0 Å². The largest absolute Gasteiger partial charge is 0.381 e. The molecule has 7 heteroatoms. The summed E-state index contributed by atoms with van der Waals surface area (Å²) >= 11 is 6.49. The Morgan fingerprint density at radius 3 is 3.17 bits per heavy atom. The van der Waals surface area contributed by atoms with Crippen LogP contribution in [-0.4, -0.2) is 48.9 Å². The van der Waals surface area contributed by atoms with Crippen LogP contribution in [0.4, 0.5) is 11.4 Å². The molecule has 0 amide bonds. The number of halogens is 1. The molecule has 23 heavy (non-hydrogen) atoms. The fourth-order valence-corrected chi connectivity index (χ4v) is 3.32. The first-order chi connectivity index (χ1) is 11.1. The standard InChI is InChI=1S/C16H24ClN5O/c1-10(23-2)6-19-13-8-21-16-14(13)15(12(17)7-20-16)22-5-3-4-11(18)9-22/h7-8,10-11,19H,3-6,9,18H2,1-2H3,(H,20,21)/t10?,11-/m1/s1. The number of methoxy groups -OCH3 is 1. The second-order valence-electron chi connectivity index (χ2n) is 6.16. The summed E-state index contributed by atoms with van der Waals surface area (Å²) in [7, 11) is 1.71. The van der Waals surface area contributed by atoms with Gasteiger partial charge >= 0.3 is 0 Å². The molecule has 3 rings (SSSR count). The quantitative estimate of drug-likeness (QED) is 0.781. The van der Waals surface area contributed by atoms with E-state index in [4.69, 9.17) is 22.1 Å². The van der Waals surface area contributed by atoms with Crippen LogP contribution >= 0.6 is 11.6 Å². The molecule has 2 aromatic rings. The van der Waals surface area contributed by atoms with Gasteiger partial charge in [-0.05, 0) is 19.8 Å². The van der Waals surface area contributed by atoms with E-state index in [2.05, 4.69) is 20.2 Å². The predicted octanol–water partition coefficient (Wildman–Crippen LogP) is 2.59. The molecule has 1 fully saturated rings. The van der Waals surface area contributed by atoms with Gasteiger partial charge in [0.15, 0.2) is 0 Å². The van der Waals surface area contributed by atoms with E-state index in [-0.39, 0.29) is 12.1 Å². The number of fused-ring (bicyclic) bond motifs is 1. The van der Waals surface area contributed by atoms with E-state index in [1.165, 1.54) is 0 Å². The molecule has 1 aliphatic rings. The highest BCUT2D eigenvalue weighted by molar-refractivity contribution is 6.35. The number of anilines is 2. The van der Waals surface area contributed by atoms with Crippen molar-refractivity contribution in [3.63, 3.8) is 0 Å². The zero-order valence-electron chi connectivity index (χ0n) is 13.6. The van der Waals surface area contributed by atoms with E-state index in [1.54, 1.807) is 13.3 Å². The van der Waals surface area contributed by atoms with E-state index in [0.29, 0.717) is 5.02 Å². The van der Waals surface area contributed by atoms with Crippen molar-refractivity contribution in [1.29, 1.82) is 0 Å². The van der Waals surface area contributed by atoms with Gasteiger partial charge in [-0.15, -0.1) is 0 Å². The maximum absolute atomic E-state index is 6.49. The SMILES string of the molecule is COC(C)CNc1c[nH]c2ncc(Cl)c(N3CCC[C@@H](N)C3)c12. The summed E-state index contributed by atoms with van der Waals surface area (Å²) in [5.41, 5.74) is 8.98. The van der Waals surface area contributed by atoms with Crippen LogP contribution in [0.25, 0.3) is 11.0 Å². The van der Waals surface area contributed by atoms with Crippen molar-refractivity contribution in [1.82, 2.24) is 9.97 Å². The number of hydrogen-bond donors (Lipinski definition) is 3. The van der Waals surface area contributed by atoms with E-state index < -0.39 is 0 Å². The van der Waals surface area contributed by atoms with Crippen molar-refractivity contribution in [2.45, 2.75) is 31.9 Å². The summed E-state index contributed by atoms with van der Waals surface area (Å²) in [6, 6.07) is 0.187. The van der Waals surface area contributed by atoms with Crippen LogP contribution in [0.15, 0.2) is 12.4 Å². The number of aromatic nitrogens is 2. The highest BCUT2D eigenvalue weighted by Crippen LogP contribution is 2.38. The summed E-state index contributed by atoms with van der Waals surface area (Å²) in [6.45, 7) is 4.52. The summed E-state index contributed by atoms with van der Waals surface area (Å²) in [5.74, 6) is 0.